The second kappa shape index (κ2) is 5.13. The van der Waals surface area contributed by atoms with Gasteiger partial charge in [0.2, 0.25) is 0 Å². The van der Waals surface area contributed by atoms with Gasteiger partial charge in [-0.3, -0.25) is 4.68 Å². The molecule has 0 aliphatic heterocycles. The molecule has 0 saturated carbocycles. The molecule has 0 amide bonds. The zero-order valence-electron chi connectivity index (χ0n) is 12.0. The van der Waals surface area contributed by atoms with Crippen molar-refractivity contribution in [1.29, 1.82) is 0 Å². The van der Waals surface area contributed by atoms with Crippen molar-refractivity contribution >= 4 is 10.9 Å². The molecule has 0 unspecified atom stereocenters. The van der Waals surface area contributed by atoms with Gasteiger partial charge in [0.1, 0.15) is 0 Å². The molecule has 1 aromatic carbocycles. The van der Waals surface area contributed by atoms with E-state index in [-0.39, 0.29) is 0 Å². The second-order valence-corrected chi connectivity index (χ2v) is 5.10. The Bertz CT molecular complexity index is 736. The number of aryl methyl sites for hydroxylation is 2. The van der Waals surface area contributed by atoms with E-state index in [9.17, 15) is 0 Å². The Morgan fingerprint density at radius 1 is 1.25 bits per heavy atom. The van der Waals surface area contributed by atoms with Crippen LogP contribution in [-0.2, 0) is 26.6 Å². The molecular weight excluding hydrogens is 248 g/mol. The molecule has 2 N–H and O–H groups in total. The summed E-state index contributed by atoms with van der Waals surface area (Å²) in [5.74, 6) is 0. The van der Waals surface area contributed by atoms with Crippen molar-refractivity contribution in [3.63, 3.8) is 0 Å². The maximum Gasteiger partial charge on any atom is 0.0645 e. The lowest BCUT2D eigenvalue weighted by atomic mass is 10.1. The monoisotopic (exact) mass is 268 g/mol. The van der Waals surface area contributed by atoms with Crippen LogP contribution in [0, 0.1) is 0 Å². The van der Waals surface area contributed by atoms with E-state index in [4.69, 9.17) is 5.73 Å². The Balaban J connectivity index is 2.00. The number of benzene rings is 1. The van der Waals surface area contributed by atoms with Gasteiger partial charge in [-0.05, 0) is 30.2 Å². The third kappa shape index (κ3) is 2.12. The van der Waals surface area contributed by atoms with Gasteiger partial charge in [0.25, 0.3) is 0 Å². The van der Waals surface area contributed by atoms with Gasteiger partial charge in [0.05, 0.1) is 17.9 Å². The molecule has 0 atom stereocenters. The van der Waals surface area contributed by atoms with E-state index in [1.807, 2.05) is 11.7 Å². The molecule has 2 aromatic heterocycles. The van der Waals surface area contributed by atoms with E-state index in [1.165, 1.54) is 22.2 Å². The maximum absolute atomic E-state index is 5.80. The summed E-state index contributed by atoms with van der Waals surface area (Å²) in [6, 6.07) is 10.6. The molecule has 104 valence electrons. The first-order chi connectivity index (χ1) is 9.72. The van der Waals surface area contributed by atoms with Crippen molar-refractivity contribution in [1.82, 2.24) is 14.3 Å². The minimum absolute atomic E-state index is 0.576. The zero-order valence-corrected chi connectivity index (χ0v) is 12.0. The van der Waals surface area contributed by atoms with Crippen LogP contribution in [0.15, 0.2) is 36.5 Å². The summed E-state index contributed by atoms with van der Waals surface area (Å²) >= 11 is 0. The third-order valence-electron chi connectivity index (χ3n) is 3.85. The van der Waals surface area contributed by atoms with Gasteiger partial charge in [-0.15, -0.1) is 0 Å². The normalized spacial score (nSPS) is 11.3. The van der Waals surface area contributed by atoms with Crippen molar-refractivity contribution in [2.45, 2.75) is 26.4 Å². The largest absolute Gasteiger partial charge is 0.341 e. The highest BCUT2D eigenvalue weighted by Crippen LogP contribution is 2.21. The second-order valence-electron chi connectivity index (χ2n) is 5.10. The maximum atomic E-state index is 5.80. The van der Waals surface area contributed by atoms with Crippen LogP contribution in [0.5, 0.6) is 0 Å². The van der Waals surface area contributed by atoms with Gasteiger partial charge < -0.3 is 10.3 Å². The summed E-state index contributed by atoms with van der Waals surface area (Å²) in [6.07, 6.45) is 3.10. The molecule has 0 spiro atoms. The number of rotatable bonds is 4. The lowest BCUT2D eigenvalue weighted by Crippen LogP contribution is -2.04. The summed E-state index contributed by atoms with van der Waals surface area (Å²) in [7, 11) is 2.01. The van der Waals surface area contributed by atoms with E-state index < -0.39 is 0 Å². The highest BCUT2D eigenvalue weighted by molar-refractivity contribution is 5.83. The molecule has 20 heavy (non-hydrogen) atoms. The molecule has 4 nitrogen and oxygen atoms in total. The van der Waals surface area contributed by atoms with Gasteiger partial charge in [-0.2, -0.15) is 5.10 Å². The summed E-state index contributed by atoms with van der Waals surface area (Å²) in [5.41, 5.74) is 10.6. The molecule has 0 saturated heterocycles. The quantitative estimate of drug-likeness (QED) is 0.790. The molecule has 0 fully saturated rings. The Hall–Kier alpha value is -2.07. The van der Waals surface area contributed by atoms with Crippen LogP contribution in [0.4, 0.5) is 0 Å². The van der Waals surface area contributed by atoms with Gasteiger partial charge in [-0.1, -0.05) is 19.1 Å². The van der Waals surface area contributed by atoms with Crippen LogP contribution in [0.1, 0.15) is 23.9 Å². The lowest BCUT2D eigenvalue weighted by Gasteiger charge is -2.07. The van der Waals surface area contributed by atoms with Crippen LogP contribution in [0.3, 0.4) is 0 Å². The molecule has 4 heteroatoms. The van der Waals surface area contributed by atoms with E-state index in [2.05, 4.69) is 53.1 Å². The fourth-order valence-corrected chi connectivity index (χ4v) is 2.67. The number of hydrogen-bond acceptors (Lipinski definition) is 2. The van der Waals surface area contributed by atoms with Crippen LogP contribution in [-0.4, -0.2) is 14.3 Å². The molecule has 0 bridgehead atoms. The first kappa shape index (κ1) is 12.9. The van der Waals surface area contributed by atoms with Gasteiger partial charge >= 0.3 is 0 Å². The van der Waals surface area contributed by atoms with Crippen molar-refractivity contribution < 1.29 is 0 Å². The average molecular weight is 268 g/mol. The predicted molar refractivity (Wildman–Crippen MR) is 81.5 cm³/mol. The first-order valence-corrected chi connectivity index (χ1v) is 7.01. The number of nitrogens with zero attached hydrogens (tertiary/aromatic N) is 3. The molecule has 3 rings (SSSR count). The van der Waals surface area contributed by atoms with Gasteiger partial charge in [0.15, 0.2) is 0 Å². The molecule has 2 heterocycles. The fourth-order valence-electron chi connectivity index (χ4n) is 2.67. The molecule has 0 radical (unpaired) electrons. The topological polar surface area (TPSA) is 48.8 Å². The minimum atomic E-state index is 0.576. The molecule has 0 aliphatic carbocycles. The first-order valence-electron chi connectivity index (χ1n) is 7.01. The van der Waals surface area contributed by atoms with Crippen molar-refractivity contribution in [3.8, 4) is 0 Å². The summed E-state index contributed by atoms with van der Waals surface area (Å²) in [6.45, 7) is 3.54. The summed E-state index contributed by atoms with van der Waals surface area (Å²) in [4.78, 5) is 0. The lowest BCUT2D eigenvalue weighted by molar-refractivity contribution is 0.669. The van der Waals surface area contributed by atoms with Crippen LogP contribution < -0.4 is 5.73 Å². The van der Waals surface area contributed by atoms with E-state index >= 15 is 0 Å². The van der Waals surface area contributed by atoms with E-state index in [0.29, 0.717) is 6.54 Å². The highest BCUT2D eigenvalue weighted by atomic mass is 15.3. The number of nitrogens with two attached hydrogens (primary N) is 1. The fraction of sp³-hybridized carbons (Fsp3) is 0.312. The molecule has 0 aliphatic rings. The van der Waals surface area contributed by atoms with Crippen LogP contribution in [0.25, 0.3) is 10.9 Å². The number of hydrogen-bond donors (Lipinski definition) is 1. The Labute approximate surface area is 118 Å². The van der Waals surface area contributed by atoms with Crippen molar-refractivity contribution in [3.05, 3.63) is 53.5 Å². The highest BCUT2D eigenvalue weighted by Gasteiger charge is 2.08. The van der Waals surface area contributed by atoms with E-state index in [0.717, 1.165) is 18.7 Å². The van der Waals surface area contributed by atoms with E-state index in [1.54, 1.807) is 0 Å². The van der Waals surface area contributed by atoms with Gasteiger partial charge in [0, 0.05) is 30.7 Å². The molecule has 3 aromatic rings. The third-order valence-corrected chi connectivity index (χ3v) is 3.85. The summed E-state index contributed by atoms with van der Waals surface area (Å²) in [5, 5.41) is 5.75. The Morgan fingerprint density at radius 2 is 2.10 bits per heavy atom. The van der Waals surface area contributed by atoms with Gasteiger partial charge in [-0.25, -0.2) is 0 Å². The Morgan fingerprint density at radius 3 is 2.80 bits per heavy atom. The number of aromatic nitrogens is 3. The molecular formula is C16H20N4. The van der Waals surface area contributed by atoms with Crippen molar-refractivity contribution in [2.24, 2.45) is 12.8 Å². The van der Waals surface area contributed by atoms with Crippen LogP contribution in [0.2, 0.25) is 0 Å². The predicted octanol–water partition coefficient (Wildman–Crippen LogP) is 2.44. The standard InChI is InChI=1S/C16H20N4/c1-3-13-9-14(19(2)18-13)11-20-8-7-15-12(10-17)5-4-6-16(15)20/h4-9H,3,10-11,17H2,1-2H3. The minimum Gasteiger partial charge on any atom is -0.341 e. The average Bonchev–Trinajstić information content (AvgIpc) is 3.03. The Kier molecular flexibility index (Phi) is 3.32. The number of fused-ring (bicyclic) bond motifs is 1. The SMILES string of the molecule is CCc1cc(Cn2ccc3c(CN)cccc32)n(C)n1. The smallest absolute Gasteiger partial charge is 0.0645 e. The van der Waals surface area contributed by atoms with Crippen LogP contribution >= 0.6 is 0 Å². The van der Waals surface area contributed by atoms with Crippen molar-refractivity contribution in [2.75, 3.05) is 0 Å². The summed E-state index contributed by atoms with van der Waals surface area (Å²) < 4.78 is 4.22. The zero-order chi connectivity index (χ0) is 14.1.